The maximum Gasteiger partial charge on any atom is 0.337 e. The van der Waals surface area contributed by atoms with Gasteiger partial charge in [0.15, 0.2) is 5.58 Å². The van der Waals surface area contributed by atoms with Crippen LogP contribution in [0.5, 0.6) is 0 Å². The lowest BCUT2D eigenvalue weighted by atomic mass is 9.85. The highest BCUT2D eigenvalue weighted by Crippen LogP contribution is 2.34. The molecule has 188 valence electrons. The first-order valence-electron chi connectivity index (χ1n) is 12.0. The Morgan fingerprint density at radius 3 is 2.44 bits per heavy atom. The zero-order chi connectivity index (χ0) is 25.2. The minimum Gasteiger partial charge on any atom is -0.478 e. The van der Waals surface area contributed by atoms with E-state index in [0.717, 1.165) is 38.8 Å². The molecule has 0 unspecified atom stereocenters. The first kappa shape index (κ1) is 24.2. The number of carboxylic acid groups (broad SMARTS) is 1. The van der Waals surface area contributed by atoms with Crippen LogP contribution < -0.4 is 10.6 Å². The van der Waals surface area contributed by atoms with Crippen LogP contribution in [0.1, 0.15) is 59.4 Å². The Bertz CT molecular complexity index is 1290. The van der Waals surface area contributed by atoms with Crippen LogP contribution in [0.3, 0.4) is 0 Å². The molecule has 2 amide bonds. The fraction of sp³-hybridized carbons (Fsp3) is 0.400. The summed E-state index contributed by atoms with van der Waals surface area (Å²) in [5.74, 6) is -2.19. The number of anilines is 2. The smallest absolute Gasteiger partial charge is 0.337 e. The van der Waals surface area contributed by atoms with Crippen LogP contribution in [0.4, 0.5) is 11.5 Å². The maximum atomic E-state index is 13.2. The van der Waals surface area contributed by atoms with Crippen molar-refractivity contribution in [2.45, 2.75) is 44.6 Å². The molecule has 3 aromatic rings. The van der Waals surface area contributed by atoms with Crippen molar-refractivity contribution in [2.75, 3.05) is 23.7 Å². The molecule has 3 aromatic heterocycles. The Morgan fingerprint density at radius 2 is 1.78 bits per heavy atom. The van der Waals surface area contributed by atoms with E-state index >= 15 is 0 Å². The minimum atomic E-state index is -1.18. The number of carbonyl (C=O) groups is 3. The molecule has 1 aliphatic heterocycles. The number of aromatic nitrogens is 2. The Balaban J connectivity index is 1.38. The first-order valence-corrected chi connectivity index (χ1v) is 12.4. The number of nitrogens with one attached hydrogen (secondary N) is 2. The van der Waals surface area contributed by atoms with Crippen molar-refractivity contribution in [1.82, 2.24) is 14.9 Å². The van der Waals surface area contributed by atoms with Gasteiger partial charge in [-0.3, -0.25) is 9.59 Å². The van der Waals surface area contributed by atoms with Crippen LogP contribution in [0, 0.1) is 5.92 Å². The monoisotopic (exact) mass is 511 g/mol. The Morgan fingerprint density at radius 1 is 1.03 bits per heavy atom. The van der Waals surface area contributed by atoms with Crippen molar-refractivity contribution in [3.8, 4) is 0 Å². The molecule has 2 fully saturated rings. The van der Waals surface area contributed by atoms with E-state index in [1.165, 1.54) is 37.4 Å². The second kappa shape index (κ2) is 10.2. The van der Waals surface area contributed by atoms with E-state index in [0.29, 0.717) is 11.1 Å². The number of fused-ring (bicyclic) bond motifs is 1. The summed E-state index contributed by atoms with van der Waals surface area (Å²) in [4.78, 5) is 48.5. The molecule has 0 atom stereocenters. The highest BCUT2D eigenvalue weighted by molar-refractivity contribution is 6.30. The van der Waals surface area contributed by atoms with E-state index in [2.05, 4.69) is 25.5 Å². The molecule has 3 N–H and O–H groups in total. The van der Waals surface area contributed by atoms with Gasteiger partial charge in [-0.15, -0.1) is 0 Å². The van der Waals surface area contributed by atoms with Crippen molar-refractivity contribution >= 4 is 52.0 Å². The van der Waals surface area contributed by atoms with E-state index in [4.69, 9.17) is 16.0 Å². The lowest BCUT2D eigenvalue weighted by molar-refractivity contribution is -0.121. The van der Waals surface area contributed by atoms with Crippen molar-refractivity contribution in [2.24, 2.45) is 5.92 Å². The molecule has 11 heteroatoms. The van der Waals surface area contributed by atoms with Gasteiger partial charge < -0.3 is 25.1 Å². The topological polar surface area (TPSA) is 138 Å². The van der Waals surface area contributed by atoms with Gasteiger partial charge in [0.25, 0.3) is 5.91 Å². The molecule has 0 bridgehead atoms. The molecule has 0 aromatic carbocycles. The fourth-order valence-corrected chi connectivity index (χ4v) is 5.14. The third kappa shape index (κ3) is 5.05. The third-order valence-corrected chi connectivity index (χ3v) is 7.15. The van der Waals surface area contributed by atoms with Gasteiger partial charge in [-0.25, -0.2) is 14.8 Å². The average Bonchev–Trinajstić information content (AvgIpc) is 3.54. The van der Waals surface area contributed by atoms with Crippen LogP contribution in [0.15, 0.2) is 35.0 Å². The van der Waals surface area contributed by atoms with E-state index < -0.39 is 11.9 Å². The summed E-state index contributed by atoms with van der Waals surface area (Å²) in [5.41, 5.74) is 0.297. The van der Waals surface area contributed by atoms with Gasteiger partial charge in [-0.2, -0.15) is 0 Å². The molecule has 1 saturated heterocycles. The van der Waals surface area contributed by atoms with Crippen molar-refractivity contribution in [1.29, 1.82) is 0 Å². The number of furan rings is 1. The molecular formula is C25H26ClN5O5. The van der Waals surface area contributed by atoms with Crippen molar-refractivity contribution < 1.29 is 23.9 Å². The Kier molecular flexibility index (Phi) is 6.88. The number of rotatable bonds is 6. The van der Waals surface area contributed by atoms with E-state index in [1.807, 2.05) is 0 Å². The lowest BCUT2D eigenvalue weighted by Crippen LogP contribution is -2.38. The standard InChI is InChI=1S/C25H26ClN5O5/c26-16-5-8-19(27-13-16)29-24(33)22-21(20-18(36-22)11-15(12-28-20)25(34)35)30-23(32)14-3-6-17(7-4-14)31-9-1-2-10-31/h5,8,11-14,17H,1-4,6-7,9-10H2,(H,30,32)(H,34,35)(H,27,29,33)/t14-,17-. The first-order chi connectivity index (χ1) is 17.4. The number of amides is 2. The Hall–Kier alpha value is -3.50. The van der Waals surface area contributed by atoms with E-state index in [-0.39, 0.29) is 45.8 Å². The quantitative estimate of drug-likeness (QED) is 0.442. The van der Waals surface area contributed by atoms with Gasteiger partial charge in [-0.05, 0) is 69.8 Å². The molecule has 0 radical (unpaired) electrons. The normalized spacial score (nSPS) is 20.4. The lowest BCUT2D eigenvalue weighted by Gasteiger charge is -2.33. The number of hydrogen-bond acceptors (Lipinski definition) is 7. The number of hydrogen-bond donors (Lipinski definition) is 3. The zero-order valence-corrected chi connectivity index (χ0v) is 20.3. The van der Waals surface area contributed by atoms with Gasteiger partial charge in [0.2, 0.25) is 11.7 Å². The van der Waals surface area contributed by atoms with Gasteiger partial charge in [0.1, 0.15) is 17.0 Å². The van der Waals surface area contributed by atoms with E-state index in [9.17, 15) is 19.5 Å². The Labute approximate surface area is 212 Å². The summed E-state index contributed by atoms with van der Waals surface area (Å²) < 4.78 is 5.71. The maximum absolute atomic E-state index is 13.2. The van der Waals surface area contributed by atoms with Gasteiger partial charge >= 0.3 is 5.97 Å². The minimum absolute atomic E-state index is 0.0807. The van der Waals surface area contributed by atoms with Crippen molar-refractivity contribution in [3.05, 3.63) is 46.9 Å². The third-order valence-electron chi connectivity index (χ3n) is 6.92. The summed E-state index contributed by atoms with van der Waals surface area (Å²) in [7, 11) is 0. The fourth-order valence-electron chi connectivity index (χ4n) is 5.03. The zero-order valence-electron chi connectivity index (χ0n) is 19.5. The molecule has 10 nitrogen and oxygen atoms in total. The highest BCUT2D eigenvalue weighted by atomic mass is 35.5. The molecule has 1 aliphatic carbocycles. The number of aromatic carboxylic acids is 1. The number of carboxylic acids is 1. The molecular weight excluding hydrogens is 486 g/mol. The molecule has 4 heterocycles. The average molecular weight is 512 g/mol. The molecule has 36 heavy (non-hydrogen) atoms. The number of nitrogens with zero attached hydrogens (tertiary/aromatic N) is 3. The molecule has 1 saturated carbocycles. The summed E-state index contributed by atoms with van der Waals surface area (Å²) in [6.07, 6.45) is 8.46. The SMILES string of the molecule is O=C(O)c1cnc2c(NC(=O)[C@H]3CC[C@H](N4CCCC4)CC3)c(C(=O)Nc3ccc(Cl)cn3)oc2c1. The molecule has 0 spiro atoms. The molecule has 2 aliphatic rings. The van der Waals surface area contributed by atoms with Gasteiger partial charge in [-0.1, -0.05) is 11.6 Å². The second-order valence-corrected chi connectivity index (χ2v) is 9.67. The summed E-state index contributed by atoms with van der Waals surface area (Å²) in [6, 6.07) is 4.90. The number of likely N-dealkylation sites (tertiary alicyclic amines) is 1. The number of pyridine rings is 2. The van der Waals surface area contributed by atoms with E-state index in [1.54, 1.807) is 6.07 Å². The van der Waals surface area contributed by atoms with Gasteiger partial charge in [0.05, 0.1) is 10.6 Å². The second-order valence-electron chi connectivity index (χ2n) is 9.24. The number of carbonyl (C=O) groups excluding carboxylic acids is 2. The highest BCUT2D eigenvalue weighted by Gasteiger charge is 2.32. The summed E-state index contributed by atoms with van der Waals surface area (Å²) in [5, 5.41) is 15.2. The predicted molar refractivity (Wildman–Crippen MR) is 133 cm³/mol. The predicted octanol–water partition coefficient (Wildman–Crippen LogP) is 4.42. The van der Waals surface area contributed by atoms with Crippen LogP contribution in [-0.2, 0) is 4.79 Å². The van der Waals surface area contributed by atoms with Gasteiger partial charge in [0, 0.05) is 24.4 Å². The molecule has 5 rings (SSSR count). The summed E-state index contributed by atoms with van der Waals surface area (Å²) >= 11 is 5.86. The van der Waals surface area contributed by atoms with Crippen molar-refractivity contribution in [3.63, 3.8) is 0 Å². The van der Waals surface area contributed by atoms with Crippen LogP contribution in [0.25, 0.3) is 11.1 Å². The summed E-state index contributed by atoms with van der Waals surface area (Å²) in [6.45, 7) is 2.26. The number of halogens is 1. The van der Waals surface area contributed by atoms with Crippen LogP contribution in [0.2, 0.25) is 5.02 Å². The van der Waals surface area contributed by atoms with Crippen LogP contribution in [-0.4, -0.2) is 56.9 Å². The van der Waals surface area contributed by atoms with Crippen LogP contribution >= 0.6 is 11.6 Å². The largest absolute Gasteiger partial charge is 0.478 e.